The molecule has 0 bridgehead atoms. The van der Waals surface area contributed by atoms with Crippen LogP contribution in [0.2, 0.25) is 0 Å². The highest BCUT2D eigenvalue weighted by Gasteiger charge is 2.42. The van der Waals surface area contributed by atoms with Crippen LogP contribution in [0.1, 0.15) is 6.42 Å². The standard InChI is InChI=1S/C8H10F2N2O2/c9-8(10,7(13)14)5-12-2-1-6(3-11)4-12/h6H,1-2,4-5H2,(H,13,14). The van der Waals surface area contributed by atoms with E-state index in [9.17, 15) is 13.6 Å². The molecule has 1 fully saturated rings. The van der Waals surface area contributed by atoms with Crippen molar-refractivity contribution in [3.05, 3.63) is 0 Å². The van der Waals surface area contributed by atoms with Crippen molar-refractivity contribution in [2.75, 3.05) is 19.6 Å². The van der Waals surface area contributed by atoms with Crippen LogP contribution in [0.4, 0.5) is 8.78 Å². The van der Waals surface area contributed by atoms with Gasteiger partial charge in [0.05, 0.1) is 18.5 Å². The largest absolute Gasteiger partial charge is 0.477 e. The lowest BCUT2D eigenvalue weighted by molar-refractivity contribution is -0.167. The lowest BCUT2D eigenvalue weighted by atomic mass is 10.1. The molecule has 0 aliphatic carbocycles. The Bertz CT molecular complexity index is 275. The van der Waals surface area contributed by atoms with Crippen LogP contribution in [0.5, 0.6) is 0 Å². The topological polar surface area (TPSA) is 64.3 Å². The monoisotopic (exact) mass is 204 g/mol. The summed E-state index contributed by atoms with van der Waals surface area (Å²) < 4.78 is 25.4. The minimum atomic E-state index is -3.72. The van der Waals surface area contributed by atoms with Crippen molar-refractivity contribution in [2.24, 2.45) is 5.92 Å². The van der Waals surface area contributed by atoms with E-state index in [0.717, 1.165) is 0 Å². The molecule has 6 heteroatoms. The van der Waals surface area contributed by atoms with E-state index in [-0.39, 0.29) is 12.5 Å². The number of carboxylic acids is 1. The highest BCUT2D eigenvalue weighted by molar-refractivity contribution is 5.75. The zero-order valence-electron chi connectivity index (χ0n) is 7.41. The zero-order valence-corrected chi connectivity index (χ0v) is 7.41. The first-order valence-corrected chi connectivity index (χ1v) is 4.19. The third-order valence-electron chi connectivity index (χ3n) is 2.19. The summed E-state index contributed by atoms with van der Waals surface area (Å²) in [6.07, 6.45) is 0.534. The molecule has 1 atom stereocenters. The molecule has 1 heterocycles. The first kappa shape index (κ1) is 10.9. The molecule has 1 rings (SSSR count). The number of carboxylic acid groups (broad SMARTS) is 1. The highest BCUT2D eigenvalue weighted by Crippen LogP contribution is 2.21. The molecule has 0 saturated carbocycles. The maximum Gasteiger partial charge on any atom is 0.375 e. The number of nitrogens with zero attached hydrogens (tertiary/aromatic N) is 2. The van der Waals surface area contributed by atoms with Gasteiger partial charge >= 0.3 is 11.9 Å². The fraction of sp³-hybridized carbons (Fsp3) is 0.750. The summed E-state index contributed by atoms with van der Waals surface area (Å²) in [7, 11) is 0. The van der Waals surface area contributed by atoms with Crippen LogP contribution in [0, 0.1) is 17.2 Å². The number of likely N-dealkylation sites (tertiary alicyclic amines) is 1. The van der Waals surface area contributed by atoms with Crippen molar-refractivity contribution < 1.29 is 18.7 Å². The van der Waals surface area contributed by atoms with Crippen molar-refractivity contribution in [1.82, 2.24) is 4.90 Å². The van der Waals surface area contributed by atoms with Gasteiger partial charge in [0.2, 0.25) is 0 Å². The molecular formula is C8H10F2N2O2. The third-order valence-corrected chi connectivity index (χ3v) is 2.19. The number of aliphatic carboxylic acids is 1. The number of hydrogen-bond acceptors (Lipinski definition) is 3. The van der Waals surface area contributed by atoms with Crippen LogP contribution in [0.3, 0.4) is 0 Å². The average Bonchev–Trinajstić information content (AvgIpc) is 2.51. The quantitative estimate of drug-likeness (QED) is 0.729. The van der Waals surface area contributed by atoms with Crippen molar-refractivity contribution >= 4 is 5.97 Å². The second-order valence-corrected chi connectivity index (χ2v) is 3.36. The molecule has 0 amide bonds. The maximum atomic E-state index is 12.7. The van der Waals surface area contributed by atoms with E-state index in [0.29, 0.717) is 13.0 Å². The lowest BCUT2D eigenvalue weighted by Gasteiger charge is -2.19. The van der Waals surface area contributed by atoms with Gasteiger partial charge in [0, 0.05) is 6.54 Å². The molecule has 78 valence electrons. The Hall–Kier alpha value is -1.22. The Morgan fingerprint density at radius 1 is 1.71 bits per heavy atom. The number of nitriles is 1. The van der Waals surface area contributed by atoms with Gasteiger partial charge in [-0.25, -0.2) is 4.79 Å². The molecule has 4 nitrogen and oxygen atoms in total. The smallest absolute Gasteiger partial charge is 0.375 e. The first-order valence-electron chi connectivity index (χ1n) is 4.19. The summed E-state index contributed by atoms with van der Waals surface area (Å²) in [5.41, 5.74) is 0. The van der Waals surface area contributed by atoms with Gasteiger partial charge in [0.15, 0.2) is 0 Å². The molecule has 0 aromatic rings. The Morgan fingerprint density at radius 2 is 2.36 bits per heavy atom. The van der Waals surface area contributed by atoms with Crippen LogP contribution in [-0.2, 0) is 4.79 Å². The van der Waals surface area contributed by atoms with Crippen LogP contribution in [0.25, 0.3) is 0 Å². The number of halogens is 2. The minimum absolute atomic E-state index is 0.235. The number of rotatable bonds is 3. The molecule has 0 aromatic carbocycles. The molecule has 0 aromatic heterocycles. The number of carbonyl (C=O) groups is 1. The van der Waals surface area contributed by atoms with Gasteiger partial charge in [-0.15, -0.1) is 0 Å². The maximum absolute atomic E-state index is 12.7. The molecular weight excluding hydrogens is 194 g/mol. The van der Waals surface area contributed by atoms with Crippen LogP contribution in [0.15, 0.2) is 0 Å². The summed E-state index contributed by atoms with van der Waals surface area (Å²) in [5, 5.41) is 16.7. The van der Waals surface area contributed by atoms with Crippen molar-refractivity contribution in [3.63, 3.8) is 0 Å². The third kappa shape index (κ3) is 2.39. The predicted octanol–water partition coefficient (Wildman–Crippen LogP) is 0.552. The van der Waals surface area contributed by atoms with Gasteiger partial charge in [0.25, 0.3) is 0 Å². The Kier molecular flexibility index (Phi) is 3.01. The van der Waals surface area contributed by atoms with E-state index in [1.54, 1.807) is 0 Å². The van der Waals surface area contributed by atoms with E-state index < -0.39 is 18.4 Å². The number of hydrogen-bond donors (Lipinski definition) is 1. The van der Waals surface area contributed by atoms with Gasteiger partial charge in [-0.05, 0) is 13.0 Å². The second kappa shape index (κ2) is 3.88. The summed E-state index contributed by atoms with van der Waals surface area (Å²) in [6.45, 7) is -0.207. The van der Waals surface area contributed by atoms with E-state index in [1.807, 2.05) is 6.07 Å². The first-order chi connectivity index (χ1) is 6.45. The van der Waals surface area contributed by atoms with E-state index >= 15 is 0 Å². The molecule has 0 radical (unpaired) electrons. The molecule has 1 unspecified atom stereocenters. The summed E-state index contributed by atoms with van der Waals surface area (Å²) in [5.74, 6) is -6.08. The lowest BCUT2D eigenvalue weighted by Crippen LogP contribution is -2.41. The normalized spacial score (nSPS) is 23.4. The Balaban J connectivity index is 2.47. The Labute approximate surface area is 79.7 Å². The van der Waals surface area contributed by atoms with Gasteiger partial charge in [-0.1, -0.05) is 0 Å². The second-order valence-electron chi connectivity index (χ2n) is 3.36. The van der Waals surface area contributed by atoms with Crippen molar-refractivity contribution in [2.45, 2.75) is 12.3 Å². The van der Waals surface area contributed by atoms with Gasteiger partial charge in [0.1, 0.15) is 0 Å². The number of alkyl halides is 2. The fourth-order valence-electron chi connectivity index (χ4n) is 1.43. The summed E-state index contributed by atoms with van der Waals surface area (Å²) >= 11 is 0. The van der Waals surface area contributed by atoms with Crippen molar-refractivity contribution in [3.8, 4) is 6.07 Å². The molecule has 1 N–H and O–H groups in total. The van der Waals surface area contributed by atoms with Crippen LogP contribution >= 0.6 is 0 Å². The van der Waals surface area contributed by atoms with E-state index in [2.05, 4.69) is 0 Å². The Morgan fingerprint density at radius 3 is 2.79 bits per heavy atom. The molecule has 0 spiro atoms. The van der Waals surface area contributed by atoms with Crippen molar-refractivity contribution in [1.29, 1.82) is 5.26 Å². The fourth-order valence-corrected chi connectivity index (χ4v) is 1.43. The van der Waals surface area contributed by atoms with Crippen LogP contribution < -0.4 is 0 Å². The summed E-state index contributed by atoms with van der Waals surface area (Å²) in [6, 6.07) is 1.97. The highest BCUT2D eigenvalue weighted by atomic mass is 19.3. The van der Waals surface area contributed by atoms with Gasteiger partial charge < -0.3 is 5.11 Å². The molecule has 14 heavy (non-hydrogen) atoms. The van der Waals surface area contributed by atoms with Gasteiger partial charge in [-0.2, -0.15) is 14.0 Å². The molecule has 1 aliphatic heterocycles. The van der Waals surface area contributed by atoms with Gasteiger partial charge in [-0.3, -0.25) is 4.90 Å². The van der Waals surface area contributed by atoms with Crippen LogP contribution in [-0.4, -0.2) is 41.5 Å². The zero-order chi connectivity index (χ0) is 10.8. The average molecular weight is 204 g/mol. The minimum Gasteiger partial charge on any atom is -0.477 e. The predicted molar refractivity (Wildman–Crippen MR) is 42.7 cm³/mol. The molecule has 1 aliphatic rings. The SMILES string of the molecule is N#CC1CCN(CC(F)(F)C(=O)O)C1. The summed E-state index contributed by atoms with van der Waals surface area (Å²) in [4.78, 5) is 11.4. The van der Waals surface area contributed by atoms with E-state index in [1.165, 1.54) is 4.90 Å². The molecule has 1 saturated heterocycles. The van der Waals surface area contributed by atoms with E-state index in [4.69, 9.17) is 10.4 Å².